The van der Waals surface area contributed by atoms with Crippen molar-refractivity contribution in [1.82, 2.24) is 40.2 Å². The van der Waals surface area contributed by atoms with Crippen molar-refractivity contribution in [3.05, 3.63) is 59.2 Å². The van der Waals surface area contributed by atoms with Crippen molar-refractivity contribution in [2.45, 2.75) is 71.6 Å². The van der Waals surface area contributed by atoms with Crippen molar-refractivity contribution >= 4 is 5.96 Å². The minimum atomic E-state index is 0.113. The molecule has 3 aromatic rings. The van der Waals surface area contributed by atoms with Crippen molar-refractivity contribution in [3.63, 3.8) is 0 Å². The van der Waals surface area contributed by atoms with Crippen LogP contribution in [0.4, 0.5) is 0 Å². The molecule has 1 aliphatic rings. The van der Waals surface area contributed by atoms with Crippen molar-refractivity contribution in [3.8, 4) is 0 Å². The number of hydrogen-bond donors (Lipinski definition) is 2. The Kier molecular flexibility index (Phi) is 6.53. The summed E-state index contributed by atoms with van der Waals surface area (Å²) < 4.78 is 4.01. The van der Waals surface area contributed by atoms with Gasteiger partial charge >= 0.3 is 0 Å². The maximum absolute atomic E-state index is 4.84. The molecule has 0 amide bonds. The van der Waals surface area contributed by atoms with Crippen LogP contribution >= 0.6 is 0 Å². The fraction of sp³-hybridized carbons (Fsp3) is 0.522. The maximum Gasteiger partial charge on any atom is 0.192 e. The van der Waals surface area contributed by atoms with Crippen molar-refractivity contribution in [1.29, 1.82) is 0 Å². The molecule has 9 heteroatoms. The summed E-state index contributed by atoms with van der Waals surface area (Å²) in [5.41, 5.74) is 1.21. The van der Waals surface area contributed by atoms with Gasteiger partial charge in [0.1, 0.15) is 18.2 Å². The van der Waals surface area contributed by atoms with Gasteiger partial charge in [0.05, 0.1) is 12.6 Å². The first-order chi connectivity index (χ1) is 15.4. The van der Waals surface area contributed by atoms with Gasteiger partial charge < -0.3 is 15.2 Å². The second kappa shape index (κ2) is 9.50. The summed E-state index contributed by atoms with van der Waals surface area (Å²) in [6.45, 7) is 9.57. The van der Waals surface area contributed by atoms with Gasteiger partial charge in [0.25, 0.3) is 0 Å². The SMILES string of the molecule is Cc1nnc(CN=C(NC2CCc3nc(C(C)C)nn3C2)NC(C)c2ccccc2)n1C. The molecule has 0 bridgehead atoms. The van der Waals surface area contributed by atoms with Gasteiger partial charge in [0.2, 0.25) is 0 Å². The molecule has 0 spiro atoms. The molecule has 0 saturated heterocycles. The third kappa shape index (κ3) is 4.98. The van der Waals surface area contributed by atoms with Crippen molar-refractivity contribution in [2.24, 2.45) is 12.0 Å². The van der Waals surface area contributed by atoms with Crippen LogP contribution < -0.4 is 10.6 Å². The predicted molar refractivity (Wildman–Crippen MR) is 124 cm³/mol. The number of benzene rings is 1. The highest BCUT2D eigenvalue weighted by Crippen LogP contribution is 2.17. The van der Waals surface area contributed by atoms with Crippen LogP contribution in [0.15, 0.2) is 35.3 Å². The van der Waals surface area contributed by atoms with Crippen molar-refractivity contribution in [2.75, 3.05) is 0 Å². The molecular weight excluding hydrogens is 402 g/mol. The summed E-state index contributed by atoms with van der Waals surface area (Å²) >= 11 is 0. The molecule has 1 aromatic carbocycles. The number of guanidine groups is 1. The molecule has 0 radical (unpaired) electrons. The Morgan fingerprint density at radius 1 is 1.19 bits per heavy atom. The van der Waals surface area contributed by atoms with Crippen LogP contribution in [0.3, 0.4) is 0 Å². The Morgan fingerprint density at radius 2 is 1.97 bits per heavy atom. The molecule has 9 nitrogen and oxygen atoms in total. The van der Waals surface area contributed by atoms with Crippen LogP contribution in [0, 0.1) is 6.92 Å². The number of nitrogens with one attached hydrogen (secondary N) is 2. The summed E-state index contributed by atoms with van der Waals surface area (Å²) in [6.07, 6.45) is 1.89. The molecular formula is C23H33N9. The topological polar surface area (TPSA) is 97.8 Å². The Morgan fingerprint density at radius 3 is 2.66 bits per heavy atom. The molecule has 1 aliphatic heterocycles. The van der Waals surface area contributed by atoms with E-state index >= 15 is 0 Å². The van der Waals surface area contributed by atoms with E-state index in [0.717, 1.165) is 48.6 Å². The number of nitrogens with zero attached hydrogens (tertiary/aromatic N) is 7. The van der Waals surface area contributed by atoms with Gasteiger partial charge in [-0.1, -0.05) is 44.2 Å². The van der Waals surface area contributed by atoms with E-state index in [9.17, 15) is 0 Å². The molecule has 170 valence electrons. The van der Waals surface area contributed by atoms with Gasteiger partial charge in [-0.3, -0.25) is 0 Å². The van der Waals surface area contributed by atoms with E-state index in [1.807, 2.05) is 29.3 Å². The maximum atomic E-state index is 4.84. The summed E-state index contributed by atoms with van der Waals surface area (Å²) in [7, 11) is 1.97. The number of aryl methyl sites for hydroxylation is 2. The number of rotatable bonds is 6. The summed E-state index contributed by atoms with van der Waals surface area (Å²) in [6, 6.07) is 10.7. The predicted octanol–water partition coefficient (Wildman–Crippen LogP) is 2.65. The van der Waals surface area contributed by atoms with Gasteiger partial charge in [0, 0.05) is 25.4 Å². The summed E-state index contributed by atoms with van der Waals surface area (Å²) in [5, 5.41) is 20.3. The Bertz CT molecular complexity index is 1060. The lowest BCUT2D eigenvalue weighted by Gasteiger charge is -2.27. The minimum Gasteiger partial charge on any atom is -0.352 e. The first-order valence-corrected chi connectivity index (χ1v) is 11.3. The number of hydrogen-bond acceptors (Lipinski definition) is 5. The molecule has 2 aromatic heterocycles. The van der Waals surface area contributed by atoms with Crippen LogP contribution in [-0.4, -0.2) is 41.5 Å². The smallest absolute Gasteiger partial charge is 0.192 e. The fourth-order valence-electron chi connectivity index (χ4n) is 3.79. The van der Waals surface area contributed by atoms with E-state index in [2.05, 4.69) is 65.9 Å². The first-order valence-electron chi connectivity index (χ1n) is 11.3. The van der Waals surface area contributed by atoms with E-state index in [4.69, 9.17) is 15.1 Å². The van der Waals surface area contributed by atoms with E-state index in [1.54, 1.807) is 0 Å². The Balaban J connectivity index is 1.50. The second-order valence-corrected chi connectivity index (χ2v) is 8.77. The van der Waals surface area contributed by atoms with Gasteiger partial charge in [-0.2, -0.15) is 5.10 Å². The van der Waals surface area contributed by atoms with Crippen LogP contribution in [-0.2, 0) is 26.6 Å². The largest absolute Gasteiger partial charge is 0.352 e. The van der Waals surface area contributed by atoms with Gasteiger partial charge in [-0.25, -0.2) is 14.7 Å². The lowest BCUT2D eigenvalue weighted by atomic mass is 10.1. The van der Waals surface area contributed by atoms with Crippen LogP contribution in [0.25, 0.3) is 0 Å². The Labute approximate surface area is 189 Å². The van der Waals surface area contributed by atoms with Crippen molar-refractivity contribution < 1.29 is 0 Å². The summed E-state index contributed by atoms with van der Waals surface area (Å²) in [4.78, 5) is 9.54. The molecule has 2 N–H and O–H groups in total. The standard InChI is InChI=1S/C23H33N9/c1-15(2)22-27-20-12-11-19(14-32(20)30-22)26-23(24-13-21-29-28-17(4)31(21)5)25-16(3)18-9-7-6-8-10-18/h6-10,15-16,19H,11-14H2,1-5H3,(H2,24,25,26). The highest BCUT2D eigenvalue weighted by atomic mass is 15.4. The van der Waals surface area contributed by atoms with E-state index in [-0.39, 0.29) is 12.1 Å². The van der Waals surface area contributed by atoms with Gasteiger partial charge in [-0.05, 0) is 25.8 Å². The molecule has 0 aliphatic carbocycles. The molecule has 0 fully saturated rings. The van der Waals surface area contributed by atoms with Crippen LogP contribution in [0.5, 0.6) is 0 Å². The molecule has 32 heavy (non-hydrogen) atoms. The molecule has 2 unspecified atom stereocenters. The average Bonchev–Trinajstić information content (AvgIpc) is 3.36. The zero-order valence-corrected chi connectivity index (χ0v) is 19.6. The lowest BCUT2D eigenvalue weighted by molar-refractivity contribution is 0.390. The second-order valence-electron chi connectivity index (χ2n) is 8.77. The molecule has 2 atom stereocenters. The summed E-state index contributed by atoms with van der Waals surface area (Å²) in [5.74, 6) is 4.80. The number of aliphatic imine (C=N–C) groups is 1. The normalized spacial score (nSPS) is 17.3. The van der Waals surface area contributed by atoms with E-state index in [0.29, 0.717) is 12.5 Å². The van der Waals surface area contributed by atoms with E-state index in [1.165, 1.54) is 5.56 Å². The van der Waals surface area contributed by atoms with Gasteiger partial charge in [0.15, 0.2) is 17.6 Å². The minimum absolute atomic E-state index is 0.113. The first kappa shape index (κ1) is 22.0. The zero-order valence-electron chi connectivity index (χ0n) is 19.6. The number of fused-ring (bicyclic) bond motifs is 1. The molecule has 4 rings (SSSR count). The third-order valence-electron chi connectivity index (χ3n) is 5.95. The zero-order chi connectivity index (χ0) is 22.7. The molecule has 3 heterocycles. The highest BCUT2D eigenvalue weighted by Gasteiger charge is 2.23. The van der Waals surface area contributed by atoms with Crippen LogP contribution in [0.2, 0.25) is 0 Å². The lowest BCUT2D eigenvalue weighted by Crippen LogP contribution is -2.47. The van der Waals surface area contributed by atoms with Crippen LogP contribution in [0.1, 0.15) is 68.0 Å². The van der Waals surface area contributed by atoms with E-state index < -0.39 is 0 Å². The average molecular weight is 436 g/mol. The Hall–Kier alpha value is -3.23. The third-order valence-corrected chi connectivity index (χ3v) is 5.95. The van der Waals surface area contributed by atoms with Gasteiger partial charge in [-0.15, -0.1) is 10.2 Å². The monoisotopic (exact) mass is 435 g/mol. The fourth-order valence-corrected chi connectivity index (χ4v) is 3.79. The quantitative estimate of drug-likeness (QED) is 0.456. The number of aromatic nitrogens is 6. The highest BCUT2D eigenvalue weighted by molar-refractivity contribution is 5.80. The molecule has 0 saturated carbocycles.